The first-order chi connectivity index (χ1) is 11.0. The topological polar surface area (TPSA) is 106 Å². The van der Waals surface area contributed by atoms with Crippen LogP contribution in [0.3, 0.4) is 0 Å². The number of amides is 1. The second-order valence-electron chi connectivity index (χ2n) is 5.17. The van der Waals surface area contributed by atoms with Crippen molar-refractivity contribution in [2.45, 2.75) is 13.0 Å². The molecule has 0 saturated carbocycles. The predicted octanol–water partition coefficient (Wildman–Crippen LogP) is 0.971. The van der Waals surface area contributed by atoms with Crippen molar-refractivity contribution in [2.75, 3.05) is 19.7 Å². The van der Waals surface area contributed by atoms with Crippen molar-refractivity contribution in [3.05, 3.63) is 35.7 Å². The van der Waals surface area contributed by atoms with Gasteiger partial charge in [-0.25, -0.2) is 4.79 Å². The van der Waals surface area contributed by atoms with E-state index in [0.29, 0.717) is 29.4 Å². The molecule has 8 nitrogen and oxygen atoms in total. The van der Waals surface area contributed by atoms with Gasteiger partial charge in [-0.1, -0.05) is 17.3 Å². The summed E-state index contributed by atoms with van der Waals surface area (Å²) in [5.74, 6) is -0.475. The number of ether oxygens (including phenoxy) is 1. The number of carboxylic acids is 1. The fourth-order valence-corrected chi connectivity index (χ4v) is 2.37. The molecular weight excluding hydrogens is 302 g/mol. The number of hydrogen-bond donors (Lipinski definition) is 1. The molecule has 1 amide bonds. The van der Waals surface area contributed by atoms with Crippen molar-refractivity contribution >= 4 is 11.9 Å². The zero-order valence-electron chi connectivity index (χ0n) is 12.4. The SMILES string of the molecule is Cc1nc(-c2cccc(C(=O)N3CCO[C@@H](C(=O)O)C3)c2)no1. The molecular formula is C15H15N3O5. The van der Waals surface area contributed by atoms with Crippen LogP contribution < -0.4 is 0 Å². The van der Waals surface area contributed by atoms with E-state index < -0.39 is 12.1 Å². The Morgan fingerprint density at radius 2 is 2.22 bits per heavy atom. The molecule has 1 aliphatic heterocycles. The third-order valence-corrected chi connectivity index (χ3v) is 3.52. The fourth-order valence-electron chi connectivity index (χ4n) is 2.37. The second-order valence-corrected chi connectivity index (χ2v) is 5.17. The number of morpholine rings is 1. The van der Waals surface area contributed by atoms with Crippen LogP contribution in [0.2, 0.25) is 0 Å². The van der Waals surface area contributed by atoms with Crippen LogP contribution in [-0.2, 0) is 9.53 Å². The molecule has 1 aliphatic rings. The molecule has 1 aromatic carbocycles. The van der Waals surface area contributed by atoms with Gasteiger partial charge in [0.25, 0.3) is 5.91 Å². The molecule has 0 spiro atoms. The molecule has 0 aliphatic carbocycles. The minimum atomic E-state index is -1.07. The van der Waals surface area contributed by atoms with Crippen LogP contribution in [0, 0.1) is 6.92 Å². The van der Waals surface area contributed by atoms with E-state index in [4.69, 9.17) is 14.4 Å². The van der Waals surface area contributed by atoms with Crippen LogP contribution in [0.1, 0.15) is 16.2 Å². The second kappa shape index (κ2) is 6.17. The summed E-state index contributed by atoms with van der Waals surface area (Å²) in [6.45, 7) is 2.27. The first-order valence-electron chi connectivity index (χ1n) is 7.09. The van der Waals surface area contributed by atoms with Crippen LogP contribution in [0.4, 0.5) is 0 Å². The van der Waals surface area contributed by atoms with Crippen molar-refractivity contribution in [1.82, 2.24) is 15.0 Å². The number of aliphatic carboxylic acids is 1. The number of carboxylic acid groups (broad SMARTS) is 1. The summed E-state index contributed by atoms with van der Waals surface area (Å²) in [4.78, 5) is 29.2. The van der Waals surface area contributed by atoms with E-state index in [9.17, 15) is 9.59 Å². The number of rotatable bonds is 3. The third kappa shape index (κ3) is 3.21. The Labute approximate surface area is 131 Å². The summed E-state index contributed by atoms with van der Waals surface area (Å²) < 4.78 is 10.1. The van der Waals surface area contributed by atoms with Gasteiger partial charge in [-0.05, 0) is 12.1 Å². The molecule has 0 radical (unpaired) electrons. The lowest BCUT2D eigenvalue weighted by Crippen LogP contribution is -2.48. The first-order valence-corrected chi connectivity index (χ1v) is 7.09. The molecule has 120 valence electrons. The highest BCUT2D eigenvalue weighted by atomic mass is 16.5. The molecule has 1 N–H and O–H groups in total. The van der Waals surface area contributed by atoms with E-state index in [2.05, 4.69) is 10.1 Å². The molecule has 0 bridgehead atoms. The highest BCUT2D eigenvalue weighted by Gasteiger charge is 2.29. The van der Waals surface area contributed by atoms with Crippen LogP contribution in [-0.4, -0.2) is 57.8 Å². The van der Waals surface area contributed by atoms with Gasteiger partial charge in [-0.3, -0.25) is 4.79 Å². The van der Waals surface area contributed by atoms with Gasteiger partial charge < -0.3 is 19.3 Å². The van der Waals surface area contributed by atoms with Gasteiger partial charge in [0.05, 0.1) is 13.2 Å². The van der Waals surface area contributed by atoms with Crippen molar-refractivity contribution in [3.63, 3.8) is 0 Å². The smallest absolute Gasteiger partial charge is 0.334 e. The lowest BCUT2D eigenvalue weighted by molar-refractivity contribution is -0.154. The number of benzene rings is 1. The van der Waals surface area contributed by atoms with Gasteiger partial charge in [0.15, 0.2) is 6.10 Å². The van der Waals surface area contributed by atoms with Gasteiger partial charge in [-0.15, -0.1) is 0 Å². The first kappa shape index (κ1) is 15.2. The van der Waals surface area contributed by atoms with E-state index in [1.807, 2.05) is 0 Å². The van der Waals surface area contributed by atoms with Gasteiger partial charge in [-0.2, -0.15) is 4.98 Å². The summed E-state index contributed by atoms with van der Waals surface area (Å²) in [6, 6.07) is 6.84. The van der Waals surface area contributed by atoms with E-state index in [-0.39, 0.29) is 19.1 Å². The Bertz CT molecular complexity index is 742. The zero-order valence-corrected chi connectivity index (χ0v) is 12.4. The number of nitrogens with zero attached hydrogens (tertiary/aromatic N) is 3. The standard InChI is InChI=1S/C15H15N3O5/c1-9-16-13(17-23-9)10-3-2-4-11(7-10)14(19)18-5-6-22-12(8-18)15(20)21/h2-4,7,12H,5-6,8H2,1H3,(H,20,21)/t12-/m1/s1. The predicted molar refractivity (Wildman–Crippen MR) is 77.8 cm³/mol. The van der Waals surface area contributed by atoms with Gasteiger partial charge in [0, 0.05) is 24.6 Å². The number of aryl methyl sites for hydroxylation is 1. The van der Waals surface area contributed by atoms with Crippen LogP contribution in [0.5, 0.6) is 0 Å². The maximum absolute atomic E-state index is 12.6. The number of carbonyl (C=O) groups excluding carboxylic acids is 1. The molecule has 1 atom stereocenters. The minimum absolute atomic E-state index is 0.0275. The maximum Gasteiger partial charge on any atom is 0.334 e. The minimum Gasteiger partial charge on any atom is -0.479 e. The average Bonchev–Trinajstić information content (AvgIpc) is 3.01. The highest BCUT2D eigenvalue weighted by Crippen LogP contribution is 2.19. The normalized spacial score (nSPS) is 18.0. The van der Waals surface area contributed by atoms with E-state index in [1.54, 1.807) is 31.2 Å². The van der Waals surface area contributed by atoms with Crippen molar-refractivity contribution < 1.29 is 24.0 Å². The van der Waals surface area contributed by atoms with E-state index >= 15 is 0 Å². The van der Waals surface area contributed by atoms with Crippen molar-refractivity contribution in [1.29, 1.82) is 0 Å². The molecule has 2 heterocycles. The third-order valence-electron chi connectivity index (χ3n) is 3.52. The summed E-state index contributed by atoms with van der Waals surface area (Å²) >= 11 is 0. The fraction of sp³-hybridized carbons (Fsp3) is 0.333. The Hall–Kier alpha value is -2.74. The molecule has 1 fully saturated rings. The zero-order chi connectivity index (χ0) is 16.4. The largest absolute Gasteiger partial charge is 0.479 e. The number of aromatic nitrogens is 2. The summed E-state index contributed by atoms with van der Waals surface area (Å²) in [6.07, 6.45) is -0.990. The van der Waals surface area contributed by atoms with Crippen LogP contribution in [0.15, 0.2) is 28.8 Å². The van der Waals surface area contributed by atoms with Crippen LogP contribution in [0.25, 0.3) is 11.4 Å². The summed E-state index contributed by atoms with van der Waals surface area (Å²) in [5.41, 5.74) is 1.10. The quantitative estimate of drug-likeness (QED) is 0.899. The van der Waals surface area contributed by atoms with Gasteiger partial charge >= 0.3 is 5.97 Å². The molecule has 1 aromatic heterocycles. The molecule has 2 aromatic rings. The summed E-state index contributed by atoms with van der Waals surface area (Å²) in [7, 11) is 0. The molecule has 23 heavy (non-hydrogen) atoms. The Kier molecular flexibility index (Phi) is 4.07. The van der Waals surface area contributed by atoms with Crippen molar-refractivity contribution in [3.8, 4) is 11.4 Å². The number of carbonyl (C=O) groups is 2. The number of hydrogen-bond acceptors (Lipinski definition) is 6. The van der Waals surface area contributed by atoms with Crippen LogP contribution >= 0.6 is 0 Å². The van der Waals surface area contributed by atoms with Crippen molar-refractivity contribution in [2.24, 2.45) is 0 Å². The molecule has 0 unspecified atom stereocenters. The van der Waals surface area contributed by atoms with Gasteiger partial charge in [0.2, 0.25) is 11.7 Å². The highest BCUT2D eigenvalue weighted by molar-refractivity contribution is 5.95. The van der Waals surface area contributed by atoms with E-state index in [0.717, 1.165) is 0 Å². The summed E-state index contributed by atoms with van der Waals surface area (Å²) in [5, 5.41) is 12.8. The lowest BCUT2D eigenvalue weighted by atomic mass is 10.1. The Morgan fingerprint density at radius 3 is 2.91 bits per heavy atom. The molecule has 3 rings (SSSR count). The molecule has 1 saturated heterocycles. The van der Waals surface area contributed by atoms with Gasteiger partial charge in [0.1, 0.15) is 0 Å². The molecule has 8 heteroatoms. The maximum atomic E-state index is 12.6. The Morgan fingerprint density at radius 1 is 1.39 bits per heavy atom. The lowest BCUT2D eigenvalue weighted by Gasteiger charge is -2.31. The average molecular weight is 317 g/mol. The Balaban J connectivity index is 1.81. The monoisotopic (exact) mass is 317 g/mol. The van der Waals surface area contributed by atoms with E-state index in [1.165, 1.54) is 4.90 Å².